The molecular weight excluding hydrogens is 645 g/mol. The minimum absolute atomic E-state index is 0.0645. The van der Waals surface area contributed by atoms with Crippen LogP contribution in [-0.4, -0.2) is 64.9 Å². The average molecular weight is 672 g/mol. The number of amides is 1. The number of alkyl halides is 9. The number of rotatable bonds is 7. The molecule has 0 bridgehead atoms. The summed E-state index contributed by atoms with van der Waals surface area (Å²) in [6.45, 7) is -2.85. The quantitative estimate of drug-likeness (QED) is 0.200. The molecule has 15 heteroatoms. The van der Waals surface area contributed by atoms with Gasteiger partial charge in [-0.3, -0.25) is 14.7 Å². The van der Waals surface area contributed by atoms with Crippen LogP contribution in [0, 0.1) is 5.41 Å². The van der Waals surface area contributed by atoms with Gasteiger partial charge in [-0.25, -0.2) is 4.79 Å². The molecule has 0 spiro atoms. The third-order valence-corrected chi connectivity index (χ3v) is 8.48. The zero-order valence-corrected chi connectivity index (χ0v) is 24.2. The zero-order valence-electron chi connectivity index (χ0n) is 24.2. The van der Waals surface area contributed by atoms with Crippen LogP contribution in [0.2, 0.25) is 0 Å². The van der Waals surface area contributed by atoms with Crippen LogP contribution in [0.5, 0.6) is 0 Å². The van der Waals surface area contributed by atoms with Crippen LogP contribution in [0.15, 0.2) is 66.9 Å². The predicted molar refractivity (Wildman–Crippen MR) is 153 cm³/mol. The first-order valence-corrected chi connectivity index (χ1v) is 14.3. The summed E-state index contributed by atoms with van der Waals surface area (Å²) in [5.41, 5.74) is -3.90. The van der Waals surface area contributed by atoms with Crippen LogP contribution in [0.4, 0.5) is 39.5 Å². The molecule has 0 unspecified atom stereocenters. The summed E-state index contributed by atoms with van der Waals surface area (Å²) in [6.07, 6.45) is -15.8. The number of pyridine rings is 1. The van der Waals surface area contributed by atoms with Crippen molar-refractivity contribution in [2.75, 3.05) is 19.6 Å². The molecule has 47 heavy (non-hydrogen) atoms. The molecule has 5 rings (SSSR count). The highest BCUT2D eigenvalue weighted by Crippen LogP contribution is 2.47. The first-order chi connectivity index (χ1) is 21.9. The van der Waals surface area contributed by atoms with Crippen LogP contribution >= 0.6 is 0 Å². The number of carbonyl (C=O) groups excluding carboxylic acids is 1. The maximum Gasteiger partial charge on any atom is 0.417 e. The smallest absolute Gasteiger partial charge is 0.417 e. The SMILES string of the molecule is O=C(O)[C@H](Cc1cccc2c(-c3c(C(F)(F)F)ccc4cccnc34)cccc12)NC(=O)C1(C(F)(F)F)CCN(CC(F)(F)F)CC1. The molecule has 2 N–H and O–H groups in total. The first kappa shape index (κ1) is 33.9. The number of likely N-dealkylation sites (tertiary alicyclic amines) is 1. The van der Waals surface area contributed by atoms with Gasteiger partial charge in [0.2, 0.25) is 5.91 Å². The summed E-state index contributed by atoms with van der Waals surface area (Å²) in [5, 5.41) is 12.9. The Hall–Kier alpha value is -4.40. The van der Waals surface area contributed by atoms with E-state index in [9.17, 15) is 54.2 Å². The molecular formula is C32H26F9N3O3. The molecule has 6 nitrogen and oxygen atoms in total. The fourth-order valence-electron chi connectivity index (χ4n) is 6.13. The zero-order chi connectivity index (χ0) is 34.4. The second-order valence-electron chi connectivity index (χ2n) is 11.4. The molecule has 250 valence electrons. The summed E-state index contributed by atoms with van der Waals surface area (Å²) in [6, 6.07) is 12.3. The van der Waals surface area contributed by atoms with E-state index in [1.54, 1.807) is 12.1 Å². The van der Waals surface area contributed by atoms with E-state index in [1.807, 2.05) is 5.32 Å². The maximum absolute atomic E-state index is 14.3. The van der Waals surface area contributed by atoms with Gasteiger partial charge in [0.25, 0.3) is 0 Å². The number of benzene rings is 3. The topological polar surface area (TPSA) is 82.5 Å². The number of piperidine rings is 1. The number of nitrogens with zero attached hydrogens (tertiary/aromatic N) is 2. The van der Waals surface area contributed by atoms with Crippen molar-refractivity contribution in [2.24, 2.45) is 5.41 Å². The van der Waals surface area contributed by atoms with Gasteiger partial charge < -0.3 is 10.4 Å². The van der Waals surface area contributed by atoms with E-state index in [0.717, 1.165) is 11.0 Å². The van der Waals surface area contributed by atoms with Gasteiger partial charge >= 0.3 is 24.5 Å². The molecule has 1 amide bonds. The molecule has 1 saturated heterocycles. The van der Waals surface area contributed by atoms with E-state index < -0.39 is 86.3 Å². The number of aliphatic carboxylic acids is 1. The Bertz CT molecular complexity index is 1810. The molecule has 1 aliphatic heterocycles. The first-order valence-electron chi connectivity index (χ1n) is 14.3. The van der Waals surface area contributed by atoms with Crippen molar-refractivity contribution in [2.45, 2.75) is 43.8 Å². The fraction of sp³-hybridized carbons (Fsp3) is 0.344. The Balaban J connectivity index is 1.50. The number of hydrogen-bond donors (Lipinski definition) is 2. The predicted octanol–water partition coefficient (Wildman–Crippen LogP) is 7.39. The van der Waals surface area contributed by atoms with E-state index in [0.29, 0.717) is 5.39 Å². The van der Waals surface area contributed by atoms with Crippen molar-refractivity contribution in [3.8, 4) is 11.1 Å². The van der Waals surface area contributed by atoms with Crippen molar-refractivity contribution >= 4 is 33.6 Å². The van der Waals surface area contributed by atoms with Gasteiger partial charge in [-0.1, -0.05) is 48.5 Å². The van der Waals surface area contributed by atoms with Gasteiger partial charge in [-0.05, 0) is 60.0 Å². The van der Waals surface area contributed by atoms with E-state index >= 15 is 0 Å². The number of aromatic nitrogens is 1. The number of hydrogen-bond acceptors (Lipinski definition) is 4. The number of nitrogens with one attached hydrogen (secondary N) is 1. The number of halogens is 9. The number of carboxylic acid groups (broad SMARTS) is 1. The minimum Gasteiger partial charge on any atom is -0.480 e. The highest BCUT2D eigenvalue weighted by molar-refractivity contribution is 6.06. The monoisotopic (exact) mass is 671 g/mol. The Kier molecular flexibility index (Phi) is 8.90. The molecule has 0 aliphatic carbocycles. The van der Waals surface area contributed by atoms with Gasteiger partial charge in [0.15, 0.2) is 0 Å². The molecule has 1 atom stereocenters. The fourth-order valence-corrected chi connectivity index (χ4v) is 6.13. The Labute approximate surface area is 261 Å². The van der Waals surface area contributed by atoms with E-state index in [2.05, 4.69) is 4.98 Å². The van der Waals surface area contributed by atoms with Crippen LogP contribution in [0.1, 0.15) is 24.0 Å². The van der Waals surface area contributed by atoms with Crippen molar-refractivity contribution in [3.05, 3.63) is 78.0 Å². The van der Waals surface area contributed by atoms with E-state index in [-0.39, 0.29) is 33.0 Å². The summed E-state index contributed by atoms with van der Waals surface area (Å²) in [5.74, 6) is -3.36. The summed E-state index contributed by atoms with van der Waals surface area (Å²) < 4.78 is 124. The van der Waals surface area contributed by atoms with Crippen molar-refractivity contribution in [1.29, 1.82) is 0 Å². The lowest BCUT2D eigenvalue weighted by Crippen LogP contribution is -2.59. The molecule has 3 aromatic carbocycles. The Morgan fingerprint density at radius 1 is 0.872 bits per heavy atom. The Morgan fingerprint density at radius 3 is 2.15 bits per heavy atom. The standard InChI is InChI=1S/C32H26F9N3O3/c33-30(34,35)17-44-14-11-29(12-15-44,32(39,40)41)28(47)43-24(27(45)46)16-19-4-1-7-21-20(19)6-2-8-22(21)25-23(31(36,37)38)10-9-18-5-3-13-42-26(18)25/h1-10,13,24H,11-12,14-17H2,(H,43,47)(H,45,46)/t24-/m0/s1. The highest BCUT2D eigenvalue weighted by Gasteiger charge is 2.61. The third-order valence-electron chi connectivity index (χ3n) is 8.48. The van der Waals surface area contributed by atoms with Gasteiger partial charge in [-0.2, -0.15) is 39.5 Å². The van der Waals surface area contributed by atoms with Gasteiger partial charge in [0.05, 0.1) is 17.6 Å². The third kappa shape index (κ3) is 6.85. The van der Waals surface area contributed by atoms with Crippen molar-refractivity contribution in [1.82, 2.24) is 15.2 Å². The maximum atomic E-state index is 14.3. The molecule has 1 fully saturated rings. The summed E-state index contributed by atoms with van der Waals surface area (Å²) >= 11 is 0. The van der Waals surface area contributed by atoms with Crippen molar-refractivity contribution < 1.29 is 54.2 Å². The van der Waals surface area contributed by atoms with Crippen LogP contribution in [0.25, 0.3) is 32.8 Å². The molecule has 1 aliphatic rings. The molecule has 1 aromatic heterocycles. The number of carbonyl (C=O) groups is 2. The van der Waals surface area contributed by atoms with Crippen LogP contribution < -0.4 is 5.32 Å². The van der Waals surface area contributed by atoms with Gasteiger partial charge in [-0.15, -0.1) is 0 Å². The van der Waals surface area contributed by atoms with Crippen LogP contribution in [0.3, 0.4) is 0 Å². The lowest BCUT2D eigenvalue weighted by atomic mass is 9.76. The highest BCUT2D eigenvalue weighted by atomic mass is 19.4. The van der Waals surface area contributed by atoms with Gasteiger partial charge in [0, 0.05) is 23.6 Å². The van der Waals surface area contributed by atoms with E-state index in [1.165, 1.54) is 48.7 Å². The summed E-state index contributed by atoms with van der Waals surface area (Å²) in [4.78, 5) is 30.3. The largest absolute Gasteiger partial charge is 0.480 e. The lowest BCUT2D eigenvalue weighted by Gasteiger charge is -2.42. The van der Waals surface area contributed by atoms with Crippen LogP contribution in [-0.2, 0) is 22.2 Å². The average Bonchev–Trinajstić information content (AvgIpc) is 2.98. The lowest BCUT2D eigenvalue weighted by molar-refractivity contribution is -0.236. The number of fused-ring (bicyclic) bond motifs is 2. The molecule has 2 heterocycles. The Morgan fingerprint density at radius 2 is 1.53 bits per heavy atom. The molecule has 4 aromatic rings. The summed E-state index contributed by atoms with van der Waals surface area (Å²) in [7, 11) is 0. The second kappa shape index (κ2) is 12.3. The normalized spacial score (nSPS) is 16.7. The minimum atomic E-state index is -5.19. The number of carboxylic acids is 1. The second-order valence-corrected chi connectivity index (χ2v) is 11.4. The molecule has 0 saturated carbocycles. The van der Waals surface area contributed by atoms with Crippen molar-refractivity contribution in [3.63, 3.8) is 0 Å². The molecule has 0 radical (unpaired) electrons. The van der Waals surface area contributed by atoms with E-state index in [4.69, 9.17) is 0 Å². The van der Waals surface area contributed by atoms with Gasteiger partial charge in [0.1, 0.15) is 11.5 Å².